The number of fused-ring (bicyclic) bond motifs is 1. The summed E-state index contributed by atoms with van der Waals surface area (Å²) in [5, 5.41) is 2.86. The van der Waals surface area contributed by atoms with Crippen LogP contribution in [0.25, 0.3) is 0 Å². The third kappa shape index (κ3) is 1.33. The number of halogens is 1. The number of benzene rings is 1. The molecule has 1 amide bonds. The van der Waals surface area contributed by atoms with Crippen LogP contribution in [0.4, 0.5) is 5.69 Å². The molecule has 1 aromatic rings. The predicted octanol–water partition coefficient (Wildman–Crippen LogP) is 1.98. The lowest BCUT2D eigenvalue weighted by Crippen LogP contribution is -2.29. The normalized spacial score (nSPS) is 21.4. The van der Waals surface area contributed by atoms with Crippen LogP contribution in [-0.4, -0.2) is 9.83 Å². The van der Waals surface area contributed by atoms with E-state index in [1.54, 1.807) is 0 Å². The minimum absolute atomic E-state index is 0.0810. The minimum atomic E-state index is 0.0810. The topological polar surface area (TPSA) is 29.1 Å². The largest absolute Gasteiger partial charge is 0.325 e. The first-order valence-corrected chi connectivity index (χ1v) is 5.05. The van der Waals surface area contributed by atoms with Gasteiger partial charge in [-0.05, 0) is 18.1 Å². The van der Waals surface area contributed by atoms with Crippen molar-refractivity contribution in [3.8, 4) is 0 Å². The van der Waals surface area contributed by atoms with Gasteiger partial charge in [0.15, 0.2) is 0 Å². The number of anilines is 1. The van der Waals surface area contributed by atoms with E-state index in [0.717, 1.165) is 12.1 Å². The second-order valence-electron chi connectivity index (χ2n) is 2.82. The van der Waals surface area contributed by atoms with Crippen molar-refractivity contribution >= 4 is 34.2 Å². The van der Waals surface area contributed by atoms with Crippen LogP contribution in [-0.2, 0) is 11.2 Å². The van der Waals surface area contributed by atoms with Gasteiger partial charge in [0.2, 0.25) is 5.91 Å². The van der Waals surface area contributed by atoms with Crippen molar-refractivity contribution < 1.29 is 4.79 Å². The van der Waals surface area contributed by atoms with Crippen LogP contribution in [0.1, 0.15) is 5.56 Å². The minimum Gasteiger partial charge on any atom is -0.325 e. The second-order valence-corrected chi connectivity index (χ2v) is 4.32. The fourth-order valence-electron chi connectivity index (χ4n) is 1.32. The maximum absolute atomic E-state index is 11.2. The van der Waals surface area contributed by atoms with E-state index in [9.17, 15) is 4.79 Å². The van der Waals surface area contributed by atoms with Crippen LogP contribution >= 0.6 is 22.6 Å². The predicted molar refractivity (Wildman–Crippen MR) is 56.6 cm³/mol. The second kappa shape index (κ2) is 3.05. The van der Waals surface area contributed by atoms with Crippen molar-refractivity contribution in [1.29, 1.82) is 0 Å². The van der Waals surface area contributed by atoms with E-state index < -0.39 is 0 Å². The number of carbonyl (C=O) groups excluding carboxylic acids is 1. The molecule has 1 aliphatic heterocycles. The maximum Gasteiger partial charge on any atom is 0.237 e. The summed E-state index contributed by atoms with van der Waals surface area (Å²) in [5.74, 6) is 0.120. The summed E-state index contributed by atoms with van der Waals surface area (Å²) in [4.78, 5) is 11.2. The molecule has 0 saturated heterocycles. The van der Waals surface area contributed by atoms with Gasteiger partial charge in [-0.25, -0.2) is 0 Å². The fourth-order valence-corrected chi connectivity index (χ4v) is 1.95. The zero-order valence-corrected chi connectivity index (χ0v) is 8.54. The average Bonchev–Trinajstić information content (AvgIpc) is 2.07. The molecule has 1 aliphatic rings. The van der Waals surface area contributed by atoms with Gasteiger partial charge < -0.3 is 5.32 Å². The van der Waals surface area contributed by atoms with Crippen molar-refractivity contribution in [2.45, 2.75) is 10.3 Å². The smallest absolute Gasteiger partial charge is 0.237 e. The van der Waals surface area contributed by atoms with E-state index in [0.29, 0.717) is 0 Å². The van der Waals surface area contributed by atoms with Gasteiger partial charge in [0.1, 0.15) is 0 Å². The lowest BCUT2D eigenvalue weighted by atomic mass is 10.0. The van der Waals surface area contributed by atoms with Gasteiger partial charge in [-0.15, -0.1) is 0 Å². The summed E-state index contributed by atoms with van der Waals surface area (Å²) in [5.41, 5.74) is 2.20. The number of alkyl halides is 1. The number of carbonyl (C=O) groups is 1. The van der Waals surface area contributed by atoms with Crippen LogP contribution < -0.4 is 5.32 Å². The lowest BCUT2D eigenvalue weighted by Gasteiger charge is -2.20. The Bertz CT molecular complexity index is 324. The summed E-state index contributed by atoms with van der Waals surface area (Å²) in [6, 6.07) is 7.93. The van der Waals surface area contributed by atoms with Gasteiger partial charge in [0.25, 0.3) is 0 Å². The van der Waals surface area contributed by atoms with Crippen molar-refractivity contribution in [2.24, 2.45) is 0 Å². The fraction of sp³-hybridized carbons (Fsp3) is 0.222. The first-order chi connectivity index (χ1) is 5.77. The van der Waals surface area contributed by atoms with Crippen LogP contribution in [0.15, 0.2) is 24.3 Å². The molecule has 0 spiro atoms. The highest BCUT2D eigenvalue weighted by Crippen LogP contribution is 2.25. The Hall–Kier alpha value is -0.580. The Morgan fingerprint density at radius 1 is 1.42 bits per heavy atom. The number of para-hydroxylation sites is 1. The van der Waals surface area contributed by atoms with Crippen molar-refractivity contribution in [3.63, 3.8) is 0 Å². The van der Waals surface area contributed by atoms with E-state index in [-0.39, 0.29) is 9.83 Å². The van der Waals surface area contributed by atoms with E-state index in [1.807, 2.05) is 18.2 Å². The third-order valence-electron chi connectivity index (χ3n) is 1.96. The van der Waals surface area contributed by atoms with E-state index in [1.165, 1.54) is 5.56 Å². The van der Waals surface area contributed by atoms with E-state index >= 15 is 0 Å². The zero-order valence-electron chi connectivity index (χ0n) is 6.38. The number of hydrogen-bond donors (Lipinski definition) is 1. The molecular weight excluding hydrogens is 265 g/mol. The number of hydrogen-bond acceptors (Lipinski definition) is 1. The van der Waals surface area contributed by atoms with E-state index in [2.05, 4.69) is 34.0 Å². The van der Waals surface area contributed by atoms with Gasteiger partial charge in [-0.3, -0.25) is 4.79 Å². The van der Waals surface area contributed by atoms with Crippen LogP contribution in [0.5, 0.6) is 0 Å². The first-order valence-electron chi connectivity index (χ1n) is 3.80. The molecule has 1 N–H and O–H groups in total. The molecule has 0 bridgehead atoms. The maximum atomic E-state index is 11.2. The summed E-state index contributed by atoms with van der Waals surface area (Å²) >= 11 is 2.17. The Morgan fingerprint density at radius 3 is 3.00 bits per heavy atom. The molecule has 1 aromatic carbocycles. The summed E-state index contributed by atoms with van der Waals surface area (Å²) < 4.78 is 0.0810. The molecule has 1 heterocycles. The van der Waals surface area contributed by atoms with Crippen molar-refractivity contribution in [3.05, 3.63) is 29.8 Å². The van der Waals surface area contributed by atoms with Gasteiger partial charge in [0.05, 0.1) is 3.92 Å². The molecule has 0 aliphatic carbocycles. The molecular formula is C9H8INO. The first kappa shape index (κ1) is 8.04. The standard InChI is InChI=1S/C9H8INO/c10-7-5-6-3-1-2-4-8(6)11-9(7)12/h1-4,7H,5H2,(H,11,12). The van der Waals surface area contributed by atoms with Crippen molar-refractivity contribution in [2.75, 3.05) is 5.32 Å². The lowest BCUT2D eigenvalue weighted by molar-refractivity contribution is -0.115. The van der Waals surface area contributed by atoms with Gasteiger partial charge in [-0.1, -0.05) is 40.8 Å². The Morgan fingerprint density at radius 2 is 2.17 bits per heavy atom. The van der Waals surface area contributed by atoms with Crippen molar-refractivity contribution in [1.82, 2.24) is 0 Å². The molecule has 1 unspecified atom stereocenters. The third-order valence-corrected chi connectivity index (χ3v) is 2.96. The summed E-state index contributed by atoms with van der Waals surface area (Å²) in [7, 11) is 0. The van der Waals surface area contributed by atoms with Crippen LogP contribution in [0.2, 0.25) is 0 Å². The zero-order chi connectivity index (χ0) is 8.55. The van der Waals surface area contributed by atoms with Gasteiger partial charge in [0, 0.05) is 5.69 Å². The quantitative estimate of drug-likeness (QED) is 0.568. The van der Waals surface area contributed by atoms with Crippen LogP contribution in [0, 0.1) is 0 Å². The van der Waals surface area contributed by atoms with Crippen LogP contribution in [0.3, 0.4) is 0 Å². The molecule has 0 fully saturated rings. The molecule has 0 saturated carbocycles. The number of amides is 1. The highest BCUT2D eigenvalue weighted by molar-refractivity contribution is 14.1. The molecule has 3 heteroatoms. The molecule has 0 radical (unpaired) electrons. The Balaban J connectivity index is 2.40. The molecule has 62 valence electrons. The molecule has 2 nitrogen and oxygen atoms in total. The van der Waals surface area contributed by atoms with Gasteiger partial charge >= 0.3 is 0 Å². The van der Waals surface area contributed by atoms with Gasteiger partial charge in [-0.2, -0.15) is 0 Å². The summed E-state index contributed by atoms with van der Waals surface area (Å²) in [6.45, 7) is 0. The monoisotopic (exact) mass is 273 g/mol. The molecule has 12 heavy (non-hydrogen) atoms. The van der Waals surface area contributed by atoms with E-state index in [4.69, 9.17) is 0 Å². The number of rotatable bonds is 0. The Labute approximate surface area is 84.5 Å². The highest BCUT2D eigenvalue weighted by atomic mass is 127. The average molecular weight is 273 g/mol. The highest BCUT2D eigenvalue weighted by Gasteiger charge is 2.22. The molecule has 0 aromatic heterocycles. The summed E-state index contributed by atoms with van der Waals surface area (Å²) in [6.07, 6.45) is 0.850. The molecule has 2 rings (SSSR count). The number of nitrogens with one attached hydrogen (secondary N) is 1. The Kier molecular flexibility index (Phi) is 2.04. The SMILES string of the molecule is O=C1Nc2ccccc2CC1I. The molecule has 1 atom stereocenters.